The van der Waals surface area contributed by atoms with Gasteiger partial charge in [-0.1, -0.05) is 27.2 Å². The van der Waals surface area contributed by atoms with Crippen molar-refractivity contribution < 1.29 is 0 Å². The SMILES string of the molecule is CC.CCCCc1nc(C)c(C)n1CC. The summed E-state index contributed by atoms with van der Waals surface area (Å²) in [6.07, 6.45) is 3.61. The van der Waals surface area contributed by atoms with E-state index in [9.17, 15) is 0 Å². The Hall–Kier alpha value is -0.790. The Bertz CT molecular complexity index is 274. The van der Waals surface area contributed by atoms with Gasteiger partial charge in [0.1, 0.15) is 5.82 Å². The summed E-state index contributed by atoms with van der Waals surface area (Å²) in [4.78, 5) is 4.58. The van der Waals surface area contributed by atoms with Gasteiger partial charge in [-0.3, -0.25) is 0 Å². The van der Waals surface area contributed by atoms with Crippen LogP contribution in [0.4, 0.5) is 0 Å². The van der Waals surface area contributed by atoms with Crippen LogP contribution < -0.4 is 0 Å². The molecule has 0 amide bonds. The van der Waals surface area contributed by atoms with Crippen molar-refractivity contribution in [3.05, 3.63) is 17.2 Å². The first kappa shape index (κ1) is 14.2. The Morgan fingerprint density at radius 3 is 2.20 bits per heavy atom. The zero-order valence-corrected chi connectivity index (χ0v) is 11.2. The minimum absolute atomic E-state index is 1.05. The Kier molecular flexibility index (Phi) is 7.10. The molecule has 0 unspecified atom stereocenters. The lowest BCUT2D eigenvalue weighted by Crippen LogP contribution is -2.03. The third-order valence-corrected chi connectivity index (χ3v) is 2.61. The molecule has 0 aliphatic carbocycles. The molecule has 0 bridgehead atoms. The van der Waals surface area contributed by atoms with E-state index in [0.717, 1.165) is 13.0 Å². The van der Waals surface area contributed by atoms with Crippen LogP contribution >= 0.6 is 0 Å². The average molecular weight is 210 g/mol. The number of aryl methyl sites for hydroxylation is 2. The molecule has 1 aromatic rings. The number of imidazole rings is 1. The van der Waals surface area contributed by atoms with E-state index >= 15 is 0 Å². The summed E-state index contributed by atoms with van der Waals surface area (Å²) >= 11 is 0. The lowest BCUT2D eigenvalue weighted by molar-refractivity contribution is 0.650. The van der Waals surface area contributed by atoms with Crippen molar-refractivity contribution >= 4 is 0 Å². The third-order valence-electron chi connectivity index (χ3n) is 2.61. The molecule has 0 aromatic carbocycles. The van der Waals surface area contributed by atoms with Crippen LogP contribution in [0.5, 0.6) is 0 Å². The third kappa shape index (κ3) is 3.69. The van der Waals surface area contributed by atoms with Crippen LogP contribution in [-0.2, 0) is 13.0 Å². The maximum Gasteiger partial charge on any atom is 0.109 e. The molecule has 0 N–H and O–H groups in total. The minimum Gasteiger partial charge on any atom is -0.332 e. The van der Waals surface area contributed by atoms with Crippen LogP contribution in [-0.4, -0.2) is 9.55 Å². The van der Waals surface area contributed by atoms with Crippen molar-refractivity contribution in [3.63, 3.8) is 0 Å². The molecule has 88 valence electrons. The number of hydrogen-bond acceptors (Lipinski definition) is 1. The number of hydrogen-bond donors (Lipinski definition) is 0. The summed E-state index contributed by atoms with van der Waals surface area (Å²) < 4.78 is 2.32. The van der Waals surface area contributed by atoms with E-state index in [1.54, 1.807) is 0 Å². The molecule has 0 atom stereocenters. The number of aromatic nitrogens is 2. The van der Waals surface area contributed by atoms with Crippen molar-refractivity contribution in [1.29, 1.82) is 0 Å². The zero-order valence-electron chi connectivity index (χ0n) is 11.2. The lowest BCUT2D eigenvalue weighted by atomic mass is 10.2. The van der Waals surface area contributed by atoms with Crippen LogP contribution in [0.25, 0.3) is 0 Å². The van der Waals surface area contributed by atoms with Crippen LogP contribution in [0, 0.1) is 13.8 Å². The second kappa shape index (κ2) is 7.49. The second-order valence-corrected chi connectivity index (χ2v) is 3.55. The molecule has 1 rings (SSSR count). The molecule has 0 fully saturated rings. The van der Waals surface area contributed by atoms with Gasteiger partial charge in [0, 0.05) is 18.7 Å². The number of unbranched alkanes of at least 4 members (excludes halogenated alkanes) is 1. The van der Waals surface area contributed by atoms with E-state index in [1.165, 1.54) is 30.1 Å². The van der Waals surface area contributed by atoms with Gasteiger partial charge in [0.05, 0.1) is 5.69 Å². The molecule has 15 heavy (non-hydrogen) atoms. The van der Waals surface area contributed by atoms with E-state index in [0.29, 0.717) is 0 Å². The van der Waals surface area contributed by atoms with Crippen LogP contribution in [0.15, 0.2) is 0 Å². The fraction of sp³-hybridized carbons (Fsp3) is 0.769. The molecule has 0 saturated carbocycles. The first-order chi connectivity index (χ1) is 7.20. The van der Waals surface area contributed by atoms with Gasteiger partial charge in [-0.25, -0.2) is 4.98 Å². The molecule has 2 heteroatoms. The van der Waals surface area contributed by atoms with E-state index in [4.69, 9.17) is 0 Å². The molecule has 0 saturated heterocycles. The molecular weight excluding hydrogens is 184 g/mol. The maximum atomic E-state index is 4.58. The fourth-order valence-electron chi connectivity index (χ4n) is 1.67. The largest absolute Gasteiger partial charge is 0.332 e. The molecule has 0 spiro atoms. The van der Waals surface area contributed by atoms with E-state index in [-0.39, 0.29) is 0 Å². The van der Waals surface area contributed by atoms with Gasteiger partial charge in [-0.15, -0.1) is 0 Å². The van der Waals surface area contributed by atoms with Gasteiger partial charge in [-0.05, 0) is 27.2 Å². The Balaban J connectivity index is 0.000000921. The summed E-state index contributed by atoms with van der Waals surface area (Å²) in [5.41, 5.74) is 2.52. The highest BCUT2D eigenvalue weighted by molar-refractivity contribution is 5.14. The molecule has 1 aromatic heterocycles. The smallest absolute Gasteiger partial charge is 0.109 e. The normalized spacial score (nSPS) is 9.73. The summed E-state index contributed by atoms with van der Waals surface area (Å²) in [6, 6.07) is 0. The summed E-state index contributed by atoms with van der Waals surface area (Å²) in [5, 5.41) is 0. The Morgan fingerprint density at radius 1 is 1.13 bits per heavy atom. The van der Waals surface area contributed by atoms with Crippen LogP contribution in [0.3, 0.4) is 0 Å². The first-order valence-electron chi connectivity index (χ1n) is 6.23. The van der Waals surface area contributed by atoms with Gasteiger partial charge < -0.3 is 4.57 Å². The van der Waals surface area contributed by atoms with Gasteiger partial charge >= 0.3 is 0 Å². The Labute approximate surface area is 94.7 Å². The van der Waals surface area contributed by atoms with Crippen LogP contribution in [0.1, 0.15) is 57.7 Å². The lowest BCUT2D eigenvalue weighted by Gasteiger charge is -2.05. The summed E-state index contributed by atoms with van der Waals surface area (Å²) in [5.74, 6) is 1.26. The summed E-state index contributed by atoms with van der Waals surface area (Å²) in [6.45, 7) is 13.7. The number of rotatable bonds is 4. The zero-order chi connectivity index (χ0) is 11.8. The van der Waals surface area contributed by atoms with Gasteiger partial charge in [0.15, 0.2) is 0 Å². The van der Waals surface area contributed by atoms with E-state index < -0.39 is 0 Å². The second-order valence-electron chi connectivity index (χ2n) is 3.55. The standard InChI is InChI=1S/C11H20N2.C2H6/c1-5-7-8-11-12-9(3)10(4)13(11)6-2;1-2/h5-8H2,1-4H3;1-2H3. The van der Waals surface area contributed by atoms with Gasteiger partial charge in [0.2, 0.25) is 0 Å². The fourth-order valence-corrected chi connectivity index (χ4v) is 1.67. The first-order valence-corrected chi connectivity index (χ1v) is 6.23. The molecule has 1 heterocycles. The molecule has 0 aliphatic rings. The van der Waals surface area contributed by atoms with E-state index in [2.05, 4.69) is 37.2 Å². The Morgan fingerprint density at radius 2 is 1.73 bits per heavy atom. The molecule has 2 nitrogen and oxygen atoms in total. The topological polar surface area (TPSA) is 17.8 Å². The highest BCUT2D eigenvalue weighted by atomic mass is 15.1. The predicted molar refractivity (Wildman–Crippen MR) is 67.3 cm³/mol. The van der Waals surface area contributed by atoms with Crippen molar-refractivity contribution in [2.75, 3.05) is 0 Å². The van der Waals surface area contributed by atoms with Crippen LogP contribution in [0.2, 0.25) is 0 Å². The monoisotopic (exact) mass is 210 g/mol. The average Bonchev–Trinajstić information content (AvgIpc) is 2.54. The van der Waals surface area contributed by atoms with Crippen molar-refractivity contribution in [3.8, 4) is 0 Å². The van der Waals surface area contributed by atoms with Crippen molar-refractivity contribution in [2.24, 2.45) is 0 Å². The molecular formula is C13H26N2. The van der Waals surface area contributed by atoms with Gasteiger partial charge in [-0.2, -0.15) is 0 Å². The molecule has 0 radical (unpaired) electrons. The quantitative estimate of drug-likeness (QED) is 0.737. The highest BCUT2D eigenvalue weighted by Crippen LogP contribution is 2.12. The van der Waals surface area contributed by atoms with Crippen molar-refractivity contribution in [1.82, 2.24) is 9.55 Å². The molecule has 0 aliphatic heterocycles. The maximum absolute atomic E-state index is 4.58. The minimum atomic E-state index is 1.05. The van der Waals surface area contributed by atoms with Gasteiger partial charge in [0.25, 0.3) is 0 Å². The van der Waals surface area contributed by atoms with Crippen molar-refractivity contribution in [2.45, 2.75) is 67.3 Å². The predicted octanol–water partition coefficient (Wildman–Crippen LogP) is 3.89. The van der Waals surface area contributed by atoms with E-state index in [1.807, 2.05) is 13.8 Å². The summed E-state index contributed by atoms with van der Waals surface area (Å²) in [7, 11) is 0. The highest BCUT2D eigenvalue weighted by Gasteiger charge is 2.07. The number of nitrogens with zero attached hydrogens (tertiary/aromatic N) is 2.